The van der Waals surface area contributed by atoms with Crippen molar-refractivity contribution in [1.82, 2.24) is 39.9 Å². The van der Waals surface area contributed by atoms with Gasteiger partial charge in [0.2, 0.25) is 0 Å². The summed E-state index contributed by atoms with van der Waals surface area (Å²) in [6.07, 6.45) is 0. The topological polar surface area (TPSA) is 146 Å². The molecule has 2 N–H and O–H groups in total. The van der Waals surface area contributed by atoms with E-state index in [4.69, 9.17) is 48.9 Å². The summed E-state index contributed by atoms with van der Waals surface area (Å²) in [5.74, 6) is 7.71. The first-order chi connectivity index (χ1) is 48.1. The van der Waals surface area contributed by atoms with Crippen molar-refractivity contribution in [2.75, 3.05) is 0 Å². The highest BCUT2D eigenvalue weighted by Gasteiger charge is 2.35. The fraction of sp³-hybridized carbons (Fsp3) is 0.391. The zero-order valence-electron chi connectivity index (χ0n) is 66.9. The third-order valence-corrected chi connectivity index (χ3v) is 20.0. The lowest BCUT2D eigenvalue weighted by Crippen LogP contribution is -2.19. The van der Waals surface area contributed by atoms with E-state index in [1.165, 1.54) is 22.3 Å². The summed E-state index contributed by atoms with van der Waals surface area (Å²) in [5.41, 5.74) is 17.0. The second-order valence-electron chi connectivity index (χ2n) is 37.6. The Hall–Kier alpha value is -9.68. The summed E-state index contributed by atoms with van der Waals surface area (Å²) in [6, 6.07) is 42.7. The first-order valence-electron chi connectivity index (χ1n) is 36.9. The lowest BCUT2D eigenvalue weighted by Gasteiger charge is -2.30. The molecular formula is C92H106N8O4. The fourth-order valence-corrected chi connectivity index (χ4v) is 14.4. The van der Waals surface area contributed by atoms with Crippen molar-refractivity contribution in [3.05, 3.63) is 188 Å². The Bertz CT molecular complexity index is 5370. The van der Waals surface area contributed by atoms with Crippen molar-refractivity contribution >= 4 is 44.1 Å². The predicted molar refractivity (Wildman–Crippen MR) is 431 cm³/mol. The summed E-state index contributed by atoms with van der Waals surface area (Å²) < 4.78 is 29.1. The van der Waals surface area contributed by atoms with Gasteiger partial charge < -0.3 is 28.9 Å². The number of hydrogen-bond donors (Lipinski definition) is 2. The zero-order valence-corrected chi connectivity index (χ0v) is 66.9. The number of rotatable bonds is 8. The Morgan fingerprint density at radius 2 is 0.423 bits per heavy atom. The van der Waals surface area contributed by atoms with Crippen LogP contribution in [0.3, 0.4) is 0 Å². The molecule has 8 aromatic carbocycles. The minimum Gasteiger partial charge on any atom is -0.457 e. The molecule has 104 heavy (non-hydrogen) atoms. The molecular weight excluding hydrogens is 1280 g/mol. The van der Waals surface area contributed by atoms with E-state index >= 15 is 0 Å². The third-order valence-electron chi connectivity index (χ3n) is 20.0. The van der Waals surface area contributed by atoms with Crippen LogP contribution in [-0.4, -0.2) is 39.9 Å². The fourth-order valence-electron chi connectivity index (χ4n) is 14.4. The summed E-state index contributed by atoms with van der Waals surface area (Å²) in [4.78, 5) is 40.8. The van der Waals surface area contributed by atoms with E-state index in [2.05, 4.69) is 301 Å². The number of H-pyrrole nitrogens is 2. The average Bonchev–Trinajstić information content (AvgIpc) is 1.40. The van der Waals surface area contributed by atoms with Crippen LogP contribution in [0.25, 0.3) is 89.7 Å². The highest BCUT2D eigenvalue weighted by atomic mass is 16.5. The minimum absolute atomic E-state index is 0.230. The Balaban J connectivity index is 1.12. The van der Waals surface area contributed by atoms with Gasteiger partial charge in [0.25, 0.3) is 0 Å². The van der Waals surface area contributed by atoms with Gasteiger partial charge in [0.15, 0.2) is 23.3 Å². The van der Waals surface area contributed by atoms with Crippen molar-refractivity contribution in [2.24, 2.45) is 0 Å². The van der Waals surface area contributed by atoms with Crippen LogP contribution >= 0.6 is 0 Å². The van der Waals surface area contributed by atoms with E-state index in [9.17, 15) is 0 Å². The van der Waals surface area contributed by atoms with Gasteiger partial charge in [-0.1, -0.05) is 237 Å². The van der Waals surface area contributed by atoms with Gasteiger partial charge in [0.05, 0.1) is 0 Å². The van der Waals surface area contributed by atoms with Crippen molar-refractivity contribution in [2.45, 2.75) is 237 Å². The third kappa shape index (κ3) is 14.0. The maximum atomic E-state index is 7.30. The molecule has 0 atom stereocenters. The SMILES string of the molecule is Cc1cc(C(C)(C)C)c(Oc2ccc3c(c2)-c2nc-3nc3[nH]c(nc4nc(nc5[nH]c(n2)c2ccc(Oc6c(C(C)(C)C)cc(C)cc6C(C)(C)C)cc52)-c2cc(Oc5c(C(C)(C)C)cc(C)cc5C(C)(C)C)ccc2-4)c2cc(Oc4c(C(C)(C)C)cc(C)cc4C(C)(C)C)ccc32)c(C(C)(C)C)c1. The molecule has 12 nitrogen and oxygen atoms in total. The smallest absolute Gasteiger partial charge is 0.164 e. The number of aryl methyl sites for hydroxylation is 4. The molecule has 0 saturated heterocycles. The number of ether oxygens (including phenoxy) is 4. The molecule has 0 fully saturated rings. The quantitative estimate of drug-likeness (QED) is 0.151. The number of hydrogen-bond acceptors (Lipinski definition) is 10. The first kappa shape index (κ1) is 72.7. The summed E-state index contributed by atoms with van der Waals surface area (Å²) >= 11 is 0. The summed E-state index contributed by atoms with van der Waals surface area (Å²) in [5, 5.41) is 3.14. The van der Waals surface area contributed by atoms with Crippen molar-refractivity contribution in [1.29, 1.82) is 0 Å². The van der Waals surface area contributed by atoms with Gasteiger partial charge in [-0.05, 0) is 144 Å². The second kappa shape index (κ2) is 25.0. The van der Waals surface area contributed by atoms with Crippen LogP contribution < -0.4 is 18.9 Å². The maximum absolute atomic E-state index is 7.30. The van der Waals surface area contributed by atoms with Gasteiger partial charge in [0, 0.05) is 88.3 Å². The minimum atomic E-state index is -0.238. The standard InChI is InChI=1S/C92H106N8O4/c1-49-37-65(85(5,6)7)73(66(38-49)86(8,9)10)101-53-29-33-57-61(45-53)81-94-77(57)93-78-58-34-30-54(102-74-67(87(11,12)13)39-50(2)40-68(74)88(14,15)16)46-62(58)82(95-78)97-80-60-36-32-56(104-76-71(91(23,24)25)43-52(4)44-72(76)92(26,27)28)48-64(60)84(99-80)100-83-63-47-55(31-35-59(63)79(96-81)98-83)103-75-69(89(17,18)19)41-51(3)42-70(75)90(20,21)22/h29-48H,1-28H3,(H2,93,94,95,96,97,98,99,100). The molecule has 2 aliphatic heterocycles. The van der Waals surface area contributed by atoms with Gasteiger partial charge in [-0.15, -0.1) is 0 Å². The number of benzene rings is 8. The van der Waals surface area contributed by atoms with E-state index in [0.717, 1.165) is 111 Å². The molecule has 8 bridgehead atoms. The van der Waals surface area contributed by atoms with E-state index in [0.29, 0.717) is 68.9 Å². The first-order valence-corrected chi connectivity index (χ1v) is 36.9. The van der Waals surface area contributed by atoms with E-state index in [1.807, 2.05) is 24.3 Å². The highest BCUT2D eigenvalue weighted by molar-refractivity contribution is 6.07. The van der Waals surface area contributed by atoms with Crippen LogP contribution in [0.15, 0.2) is 121 Å². The Kier molecular flexibility index (Phi) is 17.5. The molecule has 0 spiro atoms. The molecule has 0 aliphatic carbocycles. The van der Waals surface area contributed by atoms with E-state index in [-0.39, 0.29) is 43.3 Å². The highest BCUT2D eigenvalue weighted by Crippen LogP contribution is 2.51. The van der Waals surface area contributed by atoms with Crippen LogP contribution in [-0.2, 0) is 43.3 Å². The lowest BCUT2D eigenvalue weighted by atomic mass is 9.78. The van der Waals surface area contributed by atoms with Crippen molar-refractivity contribution in [3.63, 3.8) is 0 Å². The Labute approximate surface area is 616 Å². The molecule has 0 amide bonds. The normalized spacial score (nSPS) is 13.2. The van der Waals surface area contributed by atoms with Crippen LogP contribution in [0.5, 0.6) is 46.0 Å². The van der Waals surface area contributed by atoms with Crippen molar-refractivity contribution in [3.8, 4) is 91.5 Å². The lowest BCUT2D eigenvalue weighted by molar-refractivity contribution is 0.432. The number of aromatic nitrogens is 8. The van der Waals surface area contributed by atoms with Gasteiger partial charge in [0.1, 0.15) is 68.6 Å². The average molecular weight is 1390 g/mol. The Morgan fingerprint density at radius 1 is 0.221 bits per heavy atom. The molecule has 13 rings (SSSR count). The van der Waals surface area contributed by atoms with Gasteiger partial charge in [-0.25, -0.2) is 29.9 Å². The molecule has 0 saturated carbocycles. The largest absolute Gasteiger partial charge is 0.457 e. The molecule has 0 radical (unpaired) electrons. The maximum Gasteiger partial charge on any atom is 0.164 e. The zero-order chi connectivity index (χ0) is 75.4. The number of aromatic amines is 2. The molecule has 2 aliphatic rings. The molecule has 0 unspecified atom stereocenters. The second-order valence-corrected chi connectivity index (χ2v) is 37.6. The Morgan fingerprint density at radius 3 is 0.654 bits per heavy atom. The number of fused-ring (bicyclic) bond motifs is 20. The predicted octanol–water partition coefficient (Wildman–Crippen LogP) is 25.7. The summed E-state index contributed by atoms with van der Waals surface area (Å²) in [6.45, 7) is 62.5. The summed E-state index contributed by atoms with van der Waals surface area (Å²) in [7, 11) is 0. The molecule has 3 aromatic heterocycles. The van der Waals surface area contributed by atoms with E-state index < -0.39 is 0 Å². The molecule has 11 aromatic rings. The van der Waals surface area contributed by atoms with E-state index in [1.54, 1.807) is 0 Å². The molecule has 5 heterocycles. The van der Waals surface area contributed by atoms with Crippen LogP contribution in [0.1, 0.15) is 233 Å². The van der Waals surface area contributed by atoms with Crippen molar-refractivity contribution < 1.29 is 18.9 Å². The van der Waals surface area contributed by atoms with Crippen LogP contribution in [0.4, 0.5) is 0 Å². The monoisotopic (exact) mass is 1390 g/mol. The van der Waals surface area contributed by atoms with Crippen LogP contribution in [0, 0.1) is 27.7 Å². The molecule has 538 valence electrons. The van der Waals surface area contributed by atoms with Gasteiger partial charge >= 0.3 is 0 Å². The number of nitrogens with one attached hydrogen (secondary N) is 2. The number of nitrogens with zero attached hydrogens (tertiary/aromatic N) is 6. The van der Waals surface area contributed by atoms with Gasteiger partial charge in [-0.2, -0.15) is 0 Å². The van der Waals surface area contributed by atoms with Gasteiger partial charge in [-0.3, -0.25) is 0 Å². The molecule has 12 heteroatoms. The van der Waals surface area contributed by atoms with Crippen LogP contribution in [0.2, 0.25) is 0 Å².